The number of rotatable bonds is 5. The van der Waals surface area contributed by atoms with E-state index in [1.54, 1.807) is 0 Å². The van der Waals surface area contributed by atoms with Crippen molar-refractivity contribution in [3.05, 3.63) is 60.2 Å². The molecule has 1 atom stereocenters. The lowest BCUT2D eigenvalue weighted by molar-refractivity contribution is -0.132. The zero-order valence-electron chi connectivity index (χ0n) is 14.3. The summed E-state index contributed by atoms with van der Waals surface area (Å²) in [5.41, 5.74) is -0.278. The van der Waals surface area contributed by atoms with Crippen LogP contribution in [0.3, 0.4) is 0 Å². The number of amides is 3. The van der Waals surface area contributed by atoms with Crippen LogP contribution in [0.4, 0.5) is 4.79 Å². The summed E-state index contributed by atoms with van der Waals surface area (Å²) >= 11 is 0. The van der Waals surface area contributed by atoms with Crippen molar-refractivity contribution in [2.75, 3.05) is 19.8 Å². The summed E-state index contributed by atoms with van der Waals surface area (Å²) in [6, 6.07) is 16.5. The SMILES string of the molecule is O=C1NC2(CCOc3ccccc32)C(=O)N1CCCOc1ccccc1. The van der Waals surface area contributed by atoms with E-state index >= 15 is 0 Å². The summed E-state index contributed by atoms with van der Waals surface area (Å²) < 4.78 is 11.3. The molecule has 2 aromatic carbocycles. The quantitative estimate of drug-likeness (QED) is 0.664. The van der Waals surface area contributed by atoms with Crippen molar-refractivity contribution in [2.45, 2.75) is 18.4 Å². The summed E-state index contributed by atoms with van der Waals surface area (Å²) in [4.78, 5) is 26.8. The van der Waals surface area contributed by atoms with Gasteiger partial charge in [-0.05, 0) is 24.6 Å². The minimum Gasteiger partial charge on any atom is -0.494 e. The Morgan fingerprint density at radius 3 is 2.69 bits per heavy atom. The van der Waals surface area contributed by atoms with Crippen LogP contribution in [0.2, 0.25) is 0 Å². The highest BCUT2D eigenvalue weighted by atomic mass is 16.5. The molecule has 2 aliphatic rings. The Kier molecular flexibility index (Phi) is 4.24. The number of benzene rings is 2. The fraction of sp³-hybridized carbons (Fsp3) is 0.300. The standard InChI is InChI=1S/C20H20N2O4/c23-18-20(11-14-26-17-10-5-4-9-16(17)20)21-19(24)22(18)12-6-13-25-15-7-2-1-3-8-15/h1-5,7-10H,6,11-14H2,(H,21,24). The Bertz CT molecular complexity index is 824. The Hall–Kier alpha value is -3.02. The van der Waals surface area contributed by atoms with Gasteiger partial charge in [-0.1, -0.05) is 36.4 Å². The molecule has 1 fully saturated rings. The second-order valence-electron chi connectivity index (χ2n) is 6.40. The second kappa shape index (κ2) is 6.71. The van der Waals surface area contributed by atoms with Crippen LogP contribution in [0.1, 0.15) is 18.4 Å². The van der Waals surface area contributed by atoms with E-state index < -0.39 is 5.54 Å². The first-order valence-corrected chi connectivity index (χ1v) is 8.75. The highest BCUT2D eigenvalue weighted by Gasteiger charge is 2.54. The number of urea groups is 1. The van der Waals surface area contributed by atoms with Gasteiger partial charge in [-0.2, -0.15) is 0 Å². The van der Waals surface area contributed by atoms with E-state index in [4.69, 9.17) is 9.47 Å². The molecular formula is C20H20N2O4. The number of imide groups is 1. The molecule has 1 N–H and O–H groups in total. The molecule has 2 aliphatic heterocycles. The number of ether oxygens (including phenoxy) is 2. The number of carbonyl (C=O) groups is 2. The van der Waals surface area contributed by atoms with Crippen LogP contribution in [0.15, 0.2) is 54.6 Å². The highest BCUT2D eigenvalue weighted by Crippen LogP contribution is 2.40. The van der Waals surface area contributed by atoms with Crippen molar-refractivity contribution in [3.63, 3.8) is 0 Å². The number of para-hydroxylation sites is 2. The van der Waals surface area contributed by atoms with Crippen molar-refractivity contribution >= 4 is 11.9 Å². The molecule has 4 rings (SSSR count). The monoisotopic (exact) mass is 352 g/mol. The van der Waals surface area contributed by atoms with E-state index in [1.807, 2.05) is 54.6 Å². The Balaban J connectivity index is 1.43. The molecule has 2 aromatic rings. The largest absolute Gasteiger partial charge is 0.494 e. The molecule has 1 spiro atoms. The van der Waals surface area contributed by atoms with Gasteiger partial charge in [0.2, 0.25) is 0 Å². The lowest BCUT2D eigenvalue weighted by Crippen LogP contribution is -2.47. The topological polar surface area (TPSA) is 67.9 Å². The van der Waals surface area contributed by atoms with E-state index in [2.05, 4.69) is 5.32 Å². The van der Waals surface area contributed by atoms with E-state index in [0.29, 0.717) is 38.3 Å². The molecule has 0 saturated carbocycles. The maximum absolute atomic E-state index is 13.1. The molecule has 0 radical (unpaired) electrons. The van der Waals surface area contributed by atoms with E-state index in [0.717, 1.165) is 11.3 Å². The fourth-order valence-electron chi connectivity index (χ4n) is 3.50. The molecule has 0 aliphatic carbocycles. The molecule has 2 heterocycles. The average Bonchev–Trinajstić information content (AvgIpc) is 2.91. The predicted octanol–water partition coefficient (Wildman–Crippen LogP) is 2.69. The van der Waals surface area contributed by atoms with Crippen molar-refractivity contribution in [1.29, 1.82) is 0 Å². The first kappa shape index (κ1) is 16.4. The van der Waals surface area contributed by atoms with Gasteiger partial charge in [0, 0.05) is 18.5 Å². The van der Waals surface area contributed by atoms with Crippen LogP contribution >= 0.6 is 0 Å². The molecule has 1 unspecified atom stereocenters. The summed E-state index contributed by atoms with van der Waals surface area (Å²) in [6.07, 6.45) is 1.01. The Morgan fingerprint density at radius 1 is 1.08 bits per heavy atom. The molecule has 6 heteroatoms. The summed E-state index contributed by atoms with van der Waals surface area (Å²) in [7, 11) is 0. The second-order valence-corrected chi connectivity index (χ2v) is 6.40. The van der Waals surface area contributed by atoms with Gasteiger partial charge >= 0.3 is 6.03 Å². The lowest BCUT2D eigenvalue weighted by atomic mass is 9.84. The molecule has 6 nitrogen and oxygen atoms in total. The number of hydrogen-bond acceptors (Lipinski definition) is 4. The van der Waals surface area contributed by atoms with E-state index in [1.165, 1.54) is 4.90 Å². The first-order valence-electron chi connectivity index (χ1n) is 8.75. The molecule has 3 amide bonds. The Labute approximate surface area is 151 Å². The van der Waals surface area contributed by atoms with Gasteiger partial charge in [-0.15, -0.1) is 0 Å². The number of nitrogens with one attached hydrogen (secondary N) is 1. The molecule has 1 saturated heterocycles. The zero-order chi connectivity index (χ0) is 18.0. The molecular weight excluding hydrogens is 332 g/mol. The van der Waals surface area contributed by atoms with Crippen LogP contribution in [0.5, 0.6) is 11.5 Å². The smallest absolute Gasteiger partial charge is 0.325 e. The van der Waals surface area contributed by atoms with Gasteiger partial charge in [-0.25, -0.2) is 4.79 Å². The predicted molar refractivity (Wildman–Crippen MR) is 95.0 cm³/mol. The normalized spacial score (nSPS) is 21.3. The van der Waals surface area contributed by atoms with E-state index in [-0.39, 0.29) is 11.9 Å². The van der Waals surface area contributed by atoms with Crippen LogP contribution in [-0.4, -0.2) is 36.6 Å². The van der Waals surface area contributed by atoms with Gasteiger partial charge in [0.1, 0.15) is 11.5 Å². The van der Waals surface area contributed by atoms with Gasteiger partial charge in [0.05, 0.1) is 13.2 Å². The van der Waals surface area contributed by atoms with Crippen molar-refractivity contribution in [1.82, 2.24) is 10.2 Å². The van der Waals surface area contributed by atoms with E-state index in [9.17, 15) is 9.59 Å². The lowest BCUT2D eigenvalue weighted by Gasteiger charge is -2.33. The molecule has 0 bridgehead atoms. The summed E-state index contributed by atoms with van der Waals surface area (Å²) in [5, 5.41) is 2.90. The number of fused-ring (bicyclic) bond motifs is 2. The van der Waals surface area contributed by atoms with Crippen molar-refractivity contribution < 1.29 is 19.1 Å². The number of hydrogen-bond donors (Lipinski definition) is 1. The zero-order valence-corrected chi connectivity index (χ0v) is 14.3. The van der Waals surface area contributed by atoms with Crippen LogP contribution in [0.25, 0.3) is 0 Å². The van der Waals surface area contributed by atoms with Crippen molar-refractivity contribution in [3.8, 4) is 11.5 Å². The third kappa shape index (κ3) is 2.77. The summed E-state index contributed by atoms with van der Waals surface area (Å²) in [5.74, 6) is 1.22. The van der Waals surface area contributed by atoms with Gasteiger partial charge in [0.25, 0.3) is 5.91 Å². The van der Waals surface area contributed by atoms with Crippen molar-refractivity contribution in [2.24, 2.45) is 0 Å². The van der Waals surface area contributed by atoms with Gasteiger partial charge in [-0.3, -0.25) is 9.69 Å². The highest BCUT2D eigenvalue weighted by molar-refractivity contribution is 6.07. The Morgan fingerprint density at radius 2 is 1.85 bits per heavy atom. The van der Waals surface area contributed by atoms with Gasteiger partial charge in [0.15, 0.2) is 5.54 Å². The minimum absolute atomic E-state index is 0.210. The first-order chi connectivity index (χ1) is 12.7. The fourth-order valence-corrected chi connectivity index (χ4v) is 3.50. The molecule has 0 aromatic heterocycles. The van der Waals surface area contributed by atoms with Gasteiger partial charge < -0.3 is 14.8 Å². The average molecular weight is 352 g/mol. The maximum Gasteiger partial charge on any atom is 0.325 e. The minimum atomic E-state index is -1.01. The number of carbonyl (C=O) groups excluding carboxylic acids is 2. The third-order valence-electron chi connectivity index (χ3n) is 4.80. The molecule has 134 valence electrons. The maximum atomic E-state index is 13.1. The summed E-state index contributed by atoms with van der Waals surface area (Å²) in [6.45, 7) is 1.16. The molecule has 26 heavy (non-hydrogen) atoms. The van der Waals surface area contributed by atoms with Crippen LogP contribution in [0, 0.1) is 0 Å². The van der Waals surface area contributed by atoms with Crippen LogP contribution in [-0.2, 0) is 10.3 Å². The van der Waals surface area contributed by atoms with Crippen LogP contribution < -0.4 is 14.8 Å². The third-order valence-corrected chi connectivity index (χ3v) is 4.80. The number of nitrogens with zero attached hydrogens (tertiary/aromatic N) is 1.